The maximum absolute atomic E-state index is 12.3. The van der Waals surface area contributed by atoms with Gasteiger partial charge in [0.15, 0.2) is 5.76 Å². The molecule has 26 heavy (non-hydrogen) atoms. The van der Waals surface area contributed by atoms with E-state index in [0.29, 0.717) is 29.2 Å². The third-order valence-corrected chi connectivity index (χ3v) is 3.99. The van der Waals surface area contributed by atoms with Gasteiger partial charge in [0.25, 0.3) is 11.8 Å². The van der Waals surface area contributed by atoms with Crippen LogP contribution in [0.5, 0.6) is 0 Å². The van der Waals surface area contributed by atoms with Crippen LogP contribution in [-0.2, 0) is 6.42 Å². The van der Waals surface area contributed by atoms with Crippen LogP contribution >= 0.6 is 11.6 Å². The molecule has 0 aliphatic carbocycles. The highest BCUT2D eigenvalue weighted by molar-refractivity contribution is 6.30. The van der Waals surface area contributed by atoms with Crippen molar-refractivity contribution in [2.24, 2.45) is 0 Å². The Labute approximate surface area is 156 Å². The van der Waals surface area contributed by atoms with Crippen LogP contribution in [-0.4, -0.2) is 18.4 Å². The molecule has 0 aliphatic heterocycles. The van der Waals surface area contributed by atoms with Gasteiger partial charge in [0, 0.05) is 22.8 Å². The van der Waals surface area contributed by atoms with Crippen molar-refractivity contribution in [2.75, 3.05) is 11.9 Å². The number of amides is 2. The fraction of sp³-hybridized carbons (Fsp3) is 0.100. The van der Waals surface area contributed by atoms with Gasteiger partial charge >= 0.3 is 0 Å². The Hall–Kier alpha value is -3.05. The number of furan rings is 1. The fourth-order valence-corrected chi connectivity index (χ4v) is 2.54. The predicted molar refractivity (Wildman–Crippen MR) is 101 cm³/mol. The number of hydrogen-bond donors (Lipinski definition) is 2. The minimum absolute atomic E-state index is 0.201. The second kappa shape index (κ2) is 8.36. The number of halogens is 1. The Morgan fingerprint density at radius 2 is 1.77 bits per heavy atom. The summed E-state index contributed by atoms with van der Waals surface area (Å²) in [5, 5.41) is 6.25. The lowest BCUT2D eigenvalue weighted by molar-refractivity contribution is 0.0952. The highest BCUT2D eigenvalue weighted by Crippen LogP contribution is 2.13. The van der Waals surface area contributed by atoms with Crippen LogP contribution < -0.4 is 10.6 Å². The topological polar surface area (TPSA) is 71.3 Å². The molecule has 0 saturated carbocycles. The average Bonchev–Trinajstić information content (AvgIpc) is 3.18. The van der Waals surface area contributed by atoms with Crippen LogP contribution in [0.3, 0.4) is 0 Å². The molecular weight excluding hydrogens is 352 g/mol. The quantitative estimate of drug-likeness (QED) is 0.686. The first-order chi connectivity index (χ1) is 12.6. The number of carbonyl (C=O) groups is 2. The van der Waals surface area contributed by atoms with E-state index in [1.54, 1.807) is 36.4 Å². The van der Waals surface area contributed by atoms with Crippen LogP contribution in [0, 0.1) is 0 Å². The second-order valence-corrected chi connectivity index (χ2v) is 6.08. The van der Waals surface area contributed by atoms with Crippen LogP contribution in [0.15, 0.2) is 71.3 Å². The van der Waals surface area contributed by atoms with Gasteiger partial charge in [0.05, 0.1) is 6.26 Å². The average molecular weight is 369 g/mol. The first-order valence-corrected chi connectivity index (χ1v) is 8.47. The Kier molecular flexibility index (Phi) is 5.71. The van der Waals surface area contributed by atoms with E-state index in [-0.39, 0.29) is 17.6 Å². The Morgan fingerprint density at radius 1 is 0.962 bits per heavy atom. The summed E-state index contributed by atoms with van der Waals surface area (Å²) < 4.78 is 5.05. The molecular formula is C20H17ClN2O3. The minimum Gasteiger partial charge on any atom is -0.459 e. The van der Waals surface area contributed by atoms with Crippen molar-refractivity contribution in [3.63, 3.8) is 0 Å². The molecule has 0 spiro atoms. The van der Waals surface area contributed by atoms with Gasteiger partial charge in [-0.2, -0.15) is 0 Å². The molecule has 1 aromatic heterocycles. The zero-order valence-corrected chi connectivity index (χ0v) is 14.6. The zero-order valence-electron chi connectivity index (χ0n) is 13.9. The molecule has 0 aliphatic rings. The second-order valence-electron chi connectivity index (χ2n) is 5.64. The molecule has 2 N–H and O–H groups in total. The number of anilines is 1. The molecule has 6 heteroatoms. The number of hydrogen-bond acceptors (Lipinski definition) is 3. The summed E-state index contributed by atoms with van der Waals surface area (Å²) in [5.74, 6) is -0.355. The molecule has 2 amide bonds. The first-order valence-electron chi connectivity index (χ1n) is 8.09. The Bertz CT molecular complexity index is 890. The molecule has 5 nitrogen and oxygen atoms in total. The lowest BCUT2D eigenvalue weighted by atomic mass is 10.1. The van der Waals surface area contributed by atoms with Crippen LogP contribution in [0.1, 0.15) is 26.5 Å². The molecule has 0 unspecified atom stereocenters. The van der Waals surface area contributed by atoms with Gasteiger partial charge in [-0.25, -0.2) is 0 Å². The van der Waals surface area contributed by atoms with Crippen LogP contribution in [0.4, 0.5) is 5.69 Å². The van der Waals surface area contributed by atoms with Crippen LogP contribution in [0.2, 0.25) is 5.02 Å². The summed E-state index contributed by atoms with van der Waals surface area (Å²) in [4.78, 5) is 24.3. The van der Waals surface area contributed by atoms with Crippen molar-refractivity contribution in [3.05, 3.63) is 88.8 Å². The number of benzene rings is 2. The molecule has 0 saturated heterocycles. The molecule has 0 fully saturated rings. The van der Waals surface area contributed by atoms with E-state index in [2.05, 4.69) is 10.6 Å². The van der Waals surface area contributed by atoms with Crippen molar-refractivity contribution >= 4 is 29.1 Å². The van der Waals surface area contributed by atoms with Gasteiger partial charge in [0.2, 0.25) is 0 Å². The largest absolute Gasteiger partial charge is 0.459 e. The smallest absolute Gasteiger partial charge is 0.291 e. The number of nitrogens with one attached hydrogen (secondary N) is 2. The van der Waals surface area contributed by atoms with Gasteiger partial charge in [-0.15, -0.1) is 0 Å². The maximum Gasteiger partial charge on any atom is 0.291 e. The maximum atomic E-state index is 12.3. The van der Waals surface area contributed by atoms with E-state index in [0.717, 1.165) is 5.56 Å². The van der Waals surface area contributed by atoms with E-state index >= 15 is 0 Å². The zero-order chi connectivity index (χ0) is 18.4. The summed E-state index contributed by atoms with van der Waals surface area (Å²) in [5.41, 5.74) is 2.09. The summed E-state index contributed by atoms with van der Waals surface area (Å²) in [6, 6.07) is 17.5. The van der Waals surface area contributed by atoms with E-state index in [1.807, 2.05) is 24.3 Å². The summed E-state index contributed by atoms with van der Waals surface area (Å²) in [6.45, 7) is 0.503. The van der Waals surface area contributed by atoms with E-state index in [1.165, 1.54) is 6.26 Å². The minimum atomic E-state index is -0.365. The molecule has 132 valence electrons. The summed E-state index contributed by atoms with van der Waals surface area (Å²) >= 11 is 5.85. The van der Waals surface area contributed by atoms with Gasteiger partial charge in [-0.1, -0.05) is 29.8 Å². The first kappa shape index (κ1) is 17.8. The molecule has 1 heterocycles. The van der Waals surface area contributed by atoms with Crippen molar-refractivity contribution in [3.8, 4) is 0 Å². The number of carbonyl (C=O) groups excluding carboxylic acids is 2. The lowest BCUT2D eigenvalue weighted by Crippen LogP contribution is -2.25. The van der Waals surface area contributed by atoms with Gasteiger partial charge < -0.3 is 15.1 Å². The van der Waals surface area contributed by atoms with E-state index in [4.69, 9.17) is 16.0 Å². The standard InChI is InChI=1S/C20H17ClN2O3/c21-16-8-6-14(7-9-16)10-11-22-19(24)15-3-1-4-17(13-15)23-20(25)18-5-2-12-26-18/h1-9,12-13H,10-11H2,(H,22,24)(H,23,25). The summed E-state index contributed by atoms with van der Waals surface area (Å²) in [6.07, 6.45) is 2.14. The normalized spacial score (nSPS) is 10.3. The SMILES string of the molecule is O=C(NCCc1ccc(Cl)cc1)c1cccc(NC(=O)c2ccco2)c1. The molecule has 0 atom stereocenters. The van der Waals surface area contributed by atoms with Crippen molar-refractivity contribution in [1.82, 2.24) is 5.32 Å². The van der Waals surface area contributed by atoms with Crippen molar-refractivity contribution < 1.29 is 14.0 Å². The van der Waals surface area contributed by atoms with Crippen LogP contribution in [0.25, 0.3) is 0 Å². The lowest BCUT2D eigenvalue weighted by Gasteiger charge is -2.08. The fourth-order valence-electron chi connectivity index (χ4n) is 2.41. The third-order valence-electron chi connectivity index (χ3n) is 3.74. The van der Waals surface area contributed by atoms with E-state index < -0.39 is 0 Å². The summed E-state index contributed by atoms with van der Waals surface area (Å²) in [7, 11) is 0. The van der Waals surface area contributed by atoms with Gasteiger partial charge in [0.1, 0.15) is 0 Å². The Balaban J connectivity index is 1.55. The van der Waals surface area contributed by atoms with Crippen molar-refractivity contribution in [1.29, 1.82) is 0 Å². The number of rotatable bonds is 6. The highest BCUT2D eigenvalue weighted by atomic mass is 35.5. The van der Waals surface area contributed by atoms with Gasteiger partial charge in [-0.3, -0.25) is 9.59 Å². The molecule has 0 radical (unpaired) electrons. The van der Waals surface area contributed by atoms with Crippen molar-refractivity contribution in [2.45, 2.75) is 6.42 Å². The Morgan fingerprint density at radius 3 is 2.50 bits per heavy atom. The van der Waals surface area contributed by atoms with Gasteiger partial charge in [-0.05, 0) is 54.4 Å². The molecule has 3 rings (SSSR count). The molecule has 3 aromatic rings. The predicted octanol–water partition coefficient (Wildman–Crippen LogP) is 4.16. The molecule has 0 bridgehead atoms. The third kappa shape index (κ3) is 4.74. The molecule has 2 aromatic carbocycles. The monoisotopic (exact) mass is 368 g/mol. The van der Waals surface area contributed by atoms with E-state index in [9.17, 15) is 9.59 Å². The highest BCUT2D eigenvalue weighted by Gasteiger charge is 2.11.